The van der Waals surface area contributed by atoms with Gasteiger partial charge in [-0.05, 0) is 35.9 Å². The Morgan fingerprint density at radius 1 is 1.20 bits per heavy atom. The molecule has 154 valence electrons. The number of H-pyrrole nitrogens is 1. The molecule has 0 saturated heterocycles. The summed E-state index contributed by atoms with van der Waals surface area (Å²) in [5, 5.41) is 19.0. The van der Waals surface area contributed by atoms with E-state index in [1.54, 1.807) is 12.3 Å². The summed E-state index contributed by atoms with van der Waals surface area (Å²) in [6.45, 7) is 1.08. The molecule has 2 aromatic carbocycles. The summed E-state index contributed by atoms with van der Waals surface area (Å²) in [5.74, 6) is 0.0478. The minimum atomic E-state index is -0.833. The van der Waals surface area contributed by atoms with E-state index in [4.69, 9.17) is 15.6 Å². The lowest BCUT2D eigenvalue weighted by molar-refractivity contribution is -0.134. The number of aliphatic carboxylic acids is 1. The number of carboxylic acids is 1. The molecule has 9 heteroatoms. The third-order valence-electron chi connectivity index (χ3n) is 4.17. The fourth-order valence-corrected chi connectivity index (χ4v) is 2.90. The van der Waals surface area contributed by atoms with E-state index in [0.717, 1.165) is 40.3 Å². The number of nitrogens with two attached hydrogens (primary N) is 1. The van der Waals surface area contributed by atoms with Gasteiger partial charge in [0.2, 0.25) is 5.95 Å². The van der Waals surface area contributed by atoms with E-state index < -0.39 is 5.97 Å². The lowest BCUT2D eigenvalue weighted by Gasteiger charge is -2.15. The quantitative estimate of drug-likeness (QED) is 0.405. The van der Waals surface area contributed by atoms with Gasteiger partial charge in [0.25, 0.3) is 5.97 Å². The van der Waals surface area contributed by atoms with Crippen LogP contribution in [0.4, 0.5) is 23.1 Å². The first kappa shape index (κ1) is 20.6. The summed E-state index contributed by atoms with van der Waals surface area (Å²) >= 11 is 0. The van der Waals surface area contributed by atoms with E-state index in [9.17, 15) is 0 Å². The second-order valence-corrected chi connectivity index (χ2v) is 6.75. The van der Waals surface area contributed by atoms with Crippen molar-refractivity contribution in [3.05, 3.63) is 54.9 Å². The van der Waals surface area contributed by atoms with Gasteiger partial charge >= 0.3 is 0 Å². The molecule has 5 N–H and O–H groups in total. The van der Waals surface area contributed by atoms with Gasteiger partial charge in [0.05, 0.1) is 11.7 Å². The van der Waals surface area contributed by atoms with Crippen molar-refractivity contribution in [2.75, 3.05) is 30.0 Å². The van der Waals surface area contributed by atoms with Gasteiger partial charge in [-0.1, -0.05) is 12.1 Å². The van der Waals surface area contributed by atoms with Crippen molar-refractivity contribution >= 4 is 40.0 Å². The maximum atomic E-state index is 9.00. The molecule has 4 aromatic rings. The predicted octanol–water partition coefficient (Wildman–Crippen LogP) is 3.50. The lowest BCUT2D eigenvalue weighted by Crippen LogP contribution is -2.08. The number of fused-ring (bicyclic) bond motifs is 1. The first-order chi connectivity index (χ1) is 14.3. The number of benzene rings is 2. The predicted molar refractivity (Wildman–Crippen MR) is 119 cm³/mol. The Morgan fingerprint density at radius 2 is 1.97 bits per heavy atom. The van der Waals surface area contributed by atoms with E-state index in [0.29, 0.717) is 5.82 Å². The highest BCUT2D eigenvalue weighted by Crippen LogP contribution is 2.33. The van der Waals surface area contributed by atoms with Crippen molar-refractivity contribution in [1.29, 1.82) is 0 Å². The highest BCUT2D eigenvalue weighted by Gasteiger charge is 2.10. The van der Waals surface area contributed by atoms with E-state index in [1.165, 1.54) is 0 Å². The van der Waals surface area contributed by atoms with Crippen LogP contribution in [-0.2, 0) is 4.79 Å². The van der Waals surface area contributed by atoms with Gasteiger partial charge in [-0.2, -0.15) is 10.1 Å². The zero-order valence-electron chi connectivity index (χ0n) is 16.9. The van der Waals surface area contributed by atoms with Gasteiger partial charge in [-0.3, -0.25) is 9.89 Å². The van der Waals surface area contributed by atoms with E-state index in [-0.39, 0.29) is 5.95 Å². The minimum absolute atomic E-state index is 0.235. The maximum Gasteiger partial charge on any atom is 0.300 e. The molecule has 0 saturated carbocycles. The molecular formula is C21H23N7O2. The SMILES string of the molecule is CC(=O)O.CN(C)c1cccc(-c2cc(Nc3ccnc(N)n3)cc3cn[nH]c23)c1. The van der Waals surface area contributed by atoms with E-state index in [2.05, 4.69) is 60.7 Å². The Morgan fingerprint density at radius 3 is 2.67 bits per heavy atom. The second kappa shape index (κ2) is 8.91. The van der Waals surface area contributed by atoms with Crippen LogP contribution in [0.1, 0.15) is 6.92 Å². The molecule has 0 unspecified atom stereocenters. The van der Waals surface area contributed by atoms with Crippen LogP contribution in [-0.4, -0.2) is 45.3 Å². The molecule has 4 rings (SSSR count). The molecular weight excluding hydrogens is 382 g/mol. The van der Waals surface area contributed by atoms with Gasteiger partial charge in [0, 0.05) is 49.5 Å². The van der Waals surface area contributed by atoms with Crippen molar-refractivity contribution in [1.82, 2.24) is 20.2 Å². The Kier molecular flexibility index (Phi) is 6.11. The first-order valence-electron chi connectivity index (χ1n) is 9.13. The molecule has 0 aliphatic heterocycles. The molecule has 0 radical (unpaired) electrons. The standard InChI is InChI=1S/C19H19N7.C2H4O2/c1-26(2)15-5-3-4-12(9-15)16-10-14(8-13-11-22-25-18(13)16)23-17-6-7-21-19(20)24-17;1-2(3)4/h3-11H,1-2H3,(H,22,25)(H3,20,21,23,24);1H3,(H,3,4). The van der Waals surface area contributed by atoms with Gasteiger partial charge < -0.3 is 21.1 Å². The Hall–Kier alpha value is -4.14. The van der Waals surface area contributed by atoms with Gasteiger partial charge in [0.1, 0.15) is 5.82 Å². The average Bonchev–Trinajstić information content (AvgIpc) is 3.15. The number of nitrogens with one attached hydrogen (secondary N) is 2. The Bertz CT molecular complexity index is 1170. The number of aromatic nitrogens is 4. The van der Waals surface area contributed by atoms with Gasteiger partial charge in [-0.15, -0.1) is 0 Å². The van der Waals surface area contributed by atoms with Crippen LogP contribution in [0, 0.1) is 0 Å². The highest BCUT2D eigenvalue weighted by molar-refractivity contribution is 5.97. The lowest BCUT2D eigenvalue weighted by atomic mass is 10.0. The smallest absolute Gasteiger partial charge is 0.300 e. The topological polar surface area (TPSA) is 133 Å². The molecule has 0 aliphatic rings. The number of nitrogen functional groups attached to an aromatic ring is 1. The fraction of sp³-hybridized carbons (Fsp3) is 0.143. The summed E-state index contributed by atoms with van der Waals surface area (Å²) in [6.07, 6.45) is 3.44. The van der Waals surface area contributed by atoms with Crippen molar-refractivity contribution in [3.63, 3.8) is 0 Å². The highest BCUT2D eigenvalue weighted by atomic mass is 16.4. The largest absolute Gasteiger partial charge is 0.481 e. The van der Waals surface area contributed by atoms with Crippen molar-refractivity contribution in [2.45, 2.75) is 6.92 Å². The molecule has 0 spiro atoms. The zero-order chi connectivity index (χ0) is 21.7. The number of hydrogen-bond donors (Lipinski definition) is 4. The number of carbonyl (C=O) groups is 1. The Balaban J connectivity index is 0.000000589. The third kappa shape index (κ3) is 5.02. The number of carboxylic acid groups (broad SMARTS) is 1. The molecule has 9 nitrogen and oxygen atoms in total. The second-order valence-electron chi connectivity index (χ2n) is 6.75. The van der Waals surface area contributed by atoms with Crippen LogP contribution < -0.4 is 16.0 Å². The third-order valence-corrected chi connectivity index (χ3v) is 4.17. The van der Waals surface area contributed by atoms with E-state index in [1.807, 2.05) is 26.4 Å². The molecule has 30 heavy (non-hydrogen) atoms. The Labute approximate surface area is 173 Å². The molecule has 0 amide bonds. The molecule has 0 fully saturated rings. The van der Waals surface area contributed by atoms with Crippen LogP contribution in [0.2, 0.25) is 0 Å². The van der Waals surface area contributed by atoms with Crippen LogP contribution in [0.25, 0.3) is 22.0 Å². The maximum absolute atomic E-state index is 9.00. The van der Waals surface area contributed by atoms with Crippen LogP contribution >= 0.6 is 0 Å². The summed E-state index contributed by atoms with van der Waals surface area (Å²) < 4.78 is 0. The fourth-order valence-electron chi connectivity index (χ4n) is 2.90. The molecule has 0 atom stereocenters. The summed E-state index contributed by atoms with van der Waals surface area (Å²) in [4.78, 5) is 19.2. The van der Waals surface area contributed by atoms with Crippen LogP contribution in [0.5, 0.6) is 0 Å². The van der Waals surface area contributed by atoms with Crippen LogP contribution in [0.15, 0.2) is 54.9 Å². The number of aromatic amines is 1. The molecule has 0 bridgehead atoms. The number of rotatable bonds is 4. The van der Waals surface area contributed by atoms with Crippen molar-refractivity contribution < 1.29 is 9.90 Å². The summed E-state index contributed by atoms with van der Waals surface area (Å²) in [6, 6.07) is 14.3. The average molecular weight is 405 g/mol. The van der Waals surface area contributed by atoms with Gasteiger partial charge in [0.15, 0.2) is 0 Å². The number of anilines is 4. The summed E-state index contributed by atoms with van der Waals surface area (Å²) in [5.41, 5.74) is 10.9. The molecule has 2 heterocycles. The van der Waals surface area contributed by atoms with Crippen molar-refractivity contribution in [2.24, 2.45) is 0 Å². The molecule has 0 aliphatic carbocycles. The molecule has 2 aromatic heterocycles. The minimum Gasteiger partial charge on any atom is -0.481 e. The number of nitrogens with zero attached hydrogens (tertiary/aromatic N) is 4. The monoisotopic (exact) mass is 405 g/mol. The number of hydrogen-bond acceptors (Lipinski definition) is 7. The summed E-state index contributed by atoms with van der Waals surface area (Å²) in [7, 11) is 4.06. The van der Waals surface area contributed by atoms with E-state index >= 15 is 0 Å². The zero-order valence-corrected chi connectivity index (χ0v) is 16.9. The first-order valence-corrected chi connectivity index (χ1v) is 9.13. The van der Waals surface area contributed by atoms with Crippen LogP contribution in [0.3, 0.4) is 0 Å². The normalized spacial score (nSPS) is 10.2. The van der Waals surface area contributed by atoms with Crippen molar-refractivity contribution in [3.8, 4) is 11.1 Å². The van der Waals surface area contributed by atoms with Gasteiger partial charge in [-0.25, -0.2) is 4.98 Å².